The summed E-state index contributed by atoms with van der Waals surface area (Å²) < 4.78 is 6.84. The Morgan fingerprint density at radius 1 is 1.53 bits per heavy atom. The molecule has 0 atom stereocenters. The third-order valence-corrected chi connectivity index (χ3v) is 2.76. The van der Waals surface area contributed by atoms with Gasteiger partial charge < -0.3 is 9.30 Å². The van der Waals surface area contributed by atoms with Crippen LogP contribution in [0, 0.1) is 6.92 Å². The SMILES string of the molecule is CCOC(=O)c1nnc(C)n1C1CCC1. The third-order valence-electron chi connectivity index (χ3n) is 2.76. The highest BCUT2D eigenvalue weighted by atomic mass is 16.5. The molecule has 0 bridgehead atoms. The van der Waals surface area contributed by atoms with Crippen LogP contribution in [0.4, 0.5) is 0 Å². The first-order valence-electron chi connectivity index (χ1n) is 5.32. The summed E-state index contributed by atoms with van der Waals surface area (Å²) in [5.74, 6) is 0.770. The van der Waals surface area contributed by atoms with Crippen molar-refractivity contribution in [3.8, 4) is 0 Å². The molecule has 0 radical (unpaired) electrons. The van der Waals surface area contributed by atoms with E-state index in [0.29, 0.717) is 18.5 Å². The maximum Gasteiger partial charge on any atom is 0.376 e. The summed E-state index contributed by atoms with van der Waals surface area (Å²) in [5.41, 5.74) is 0. The van der Waals surface area contributed by atoms with Crippen LogP contribution in [0.1, 0.15) is 48.7 Å². The molecule has 82 valence electrons. The fourth-order valence-corrected chi connectivity index (χ4v) is 1.79. The van der Waals surface area contributed by atoms with Crippen molar-refractivity contribution in [2.45, 2.75) is 39.2 Å². The summed E-state index contributed by atoms with van der Waals surface area (Å²) in [6, 6.07) is 0.388. The van der Waals surface area contributed by atoms with Crippen LogP contribution in [0.25, 0.3) is 0 Å². The number of nitrogens with zero attached hydrogens (tertiary/aromatic N) is 3. The van der Waals surface area contributed by atoms with Gasteiger partial charge >= 0.3 is 5.97 Å². The van der Waals surface area contributed by atoms with Gasteiger partial charge in [-0.1, -0.05) is 0 Å². The lowest BCUT2D eigenvalue weighted by molar-refractivity contribution is 0.0499. The van der Waals surface area contributed by atoms with E-state index in [2.05, 4.69) is 10.2 Å². The molecule has 0 unspecified atom stereocenters. The van der Waals surface area contributed by atoms with E-state index >= 15 is 0 Å². The molecule has 5 nitrogen and oxygen atoms in total. The highest BCUT2D eigenvalue weighted by molar-refractivity contribution is 5.85. The summed E-state index contributed by atoms with van der Waals surface area (Å²) in [4.78, 5) is 11.6. The predicted molar refractivity (Wildman–Crippen MR) is 53.6 cm³/mol. The largest absolute Gasteiger partial charge is 0.460 e. The van der Waals surface area contributed by atoms with Crippen LogP contribution in [-0.2, 0) is 4.74 Å². The lowest BCUT2D eigenvalue weighted by Gasteiger charge is -2.28. The van der Waals surface area contributed by atoms with Gasteiger partial charge in [-0.15, -0.1) is 10.2 Å². The highest BCUT2D eigenvalue weighted by Crippen LogP contribution is 2.33. The molecule has 1 aliphatic carbocycles. The Balaban J connectivity index is 2.26. The van der Waals surface area contributed by atoms with Gasteiger partial charge in [0.15, 0.2) is 0 Å². The molecule has 1 saturated carbocycles. The summed E-state index contributed by atoms with van der Waals surface area (Å²) in [5, 5.41) is 7.81. The molecule has 0 aliphatic heterocycles. The van der Waals surface area contributed by atoms with E-state index in [-0.39, 0.29) is 5.97 Å². The summed E-state index contributed by atoms with van der Waals surface area (Å²) in [6.07, 6.45) is 3.42. The molecule has 1 aromatic rings. The molecule has 0 saturated heterocycles. The first kappa shape index (κ1) is 10.1. The molecule has 5 heteroatoms. The monoisotopic (exact) mass is 209 g/mol. The molecule has 1 heterocycles. The smallest absolute Gasteiger partial charge is 0.376 e. The summed E-state index contributed by atoms with van der Waals surface area (Å²) in [7, 11) is 0. The molecule has 0 amide bonds. The number of carbonyl (C=O) groups excluding carboxylic acids is 1. The minimum absolute atomic E-state index is 0.346. The fourth-order valence-electron chi connectivity index (χ4n) is 1.79. The van der Waals surface area contributed by atoms with Crippen molar-refractivity contribution >= 4 is 5.97 Å². The maximum absolute atomic E-state index is 11.6. The standard InChI is InChI=1S/C10H15N3O2/c1-3-15-10(14)9-12-11-7(2)13(9)8-5-4-6-8/h8H,3-6H2,1-2H3. The second-order valence-electron chi connectivity index (χ2n) is 3.75. The molecule has 0 N–H and O–H groups in total. The Morgan fingerprint density at radius 2 is 2.27 bits per heavy atom. The third kappa shape index (κ3) is 1.73. The predicted octanol–water partition coefficient (Wildman–Crippen LogP) is 1.49. The molecule has 0 aromatic carbocycles. The van der Waals surface area contributed by atoms with Crippen LogP contribution >= 0.6 is 0 Å². The Morgan fingerprint density at radius 3 is 2.80 bits per heavy atom. The van der Waals surface area contributed by atoms with Crippen molar-refractivity contribution < 1.29 is 9.53 Å². The normalized spacial score (nSPS) is 16.1. The van der Waals surface area contributed by atoms with Crippen LogP contribution in [-0.4, -0.2) is 27.3 Å². The van der Waals surface area contributed by atoms with Crippen molar-refractivity contribution in [1.29, 1.82) is 0 Å². The number of hydrogen-bond donors (Lipinski definition) is 0. The van der Waals surface area contributed by atoms with Gasteiger partial charge in [-0.3, -0.25) is 0 Å². The quantitative estimate of drug-likeness (QED) is 0.708. The topological polar surface area (TPSA) is 57.0 Å². The van der Waals surface area contributed by atoms with Crippen LogP contribution in [0.2, 0.25) is 0 Å². The maximum atomic E-state index is 11.6. The van der Waals surface area contributed by atoms with Crippen molar-refractivity contribution in [3.05, 3.63) is 11.6 Å². The van der Waals surface area contributed by atoms with Gasteiger partial charge in [-0.25, -0.2) is 4.79 Å². The molecular weight excluding hydrogens is 194 g/mol. The molecule has 2 rings (SSSR count). The molecule has 1 aliphatic rings. The van der Waals surface area contributed by atoms with Crippen molar-refractivity contribution in [1.82, 2.24) is 14.8 Å². The van der Waals surface area contributed by atoms with Crippen LogP contribution in [0.15, 0.2) is 0 Å². The Hall–Kier alpha value is -1.39. The van der Waals surface area contributed by atoms with E-state index < -0.39 is 0 Å². The second-order valence-corrected chi connectivity index (χ2v) is 3.75. The van der Waals surface area contributed by atoms with Crippen LogP contribution < -0.4 is 0 Å². The minimum atomic E-state index is -0.370. The zero-order chi connectivity index (χ0) is 10.8. The first-order chi connectivity index (χ1) is 7.24. The fraction of sp³-hybridized carbons (Fsp3) is 0.700. The Labute approximate surface area is 88.4 Å². The number of hydrogen-bond acceptors (Lipinski definition) is 4. The Kier molecular flexibility index (Phi) is 2.70. The lowest BCUT2D eigenvalue weighted by atomic mass is 9.92. The van der Waals surface area contributed by atoms with E-state index in [1.165, 1.54) is 6.42 Å². The van der Waals surface area contributed by atoms with Gasteiger partial charge in [0.1, 0.15) is 5.82 Å². The molecule has 15 heavy (non-hydrogen) atoms. The second kappa shape index (κ2) is 4.00. The lowest BCUT2D eigenvalue weighted by Crippen LogP contribution is -2.23. The molecular formula is C10H15N3O2. The number of esters is 1. The highest BCUT2D eigenvalue weighted by Gasteiger charge is 2.27. The minimum Gasteiger partial charge on any atom is -0.460 e. The van der Waals surface area contributed by atoms with Crippen molar-refractivity contribution in [2.24, 2.45) is 0 Å². The van der Waals surface area contributed by atoms with Crippen LogP contribution in [0.3, 0.4) is 0 Å². The van der Waals surface area contributed by atoms with Crippen molar-refractivity contribution in [2.75, 3.05) is 6.61 Å². The number of ether oxygens (including phenoxy) is 1. The van der Waals surface area contributed by atoms with Gasteiger partial charge in [-0.05, 0) is 33.1 Å². The zero-order valence-electron chi connectivity index (χ0n) is 9.06. The van der Waals surface area contributed by atoms with Crippen molar-refractivity contribution in [3.63, 3.8) is 0 Å². The zero-order valence-corrected chi connectivity index (χ0v) is 9.06. The van der Waals surface area contributed by atoms with Gasteiger partial charge in [0.2, 0.25) is 5.82 Å². The van der Waals surface area contributed by atoms with E-state index in [9.17, 15) is 4.79 Å². The van der Waals surface area contributed by atoms with Gasteiger partial charge in [0.05, 0.1) is 6.61 Å². The van der Waals surface area contributed by atoms with E-state index in [1.807, 2.05) is 11.5 Å². The Bertz CT molecular complexity index is 369. The summed E-state index contributed by atoms with van der Waals surface area (Å²) in [6.45, 7) is 4.03. The van der Waals surface area contributed by atoms with Gasteiger partial charge in [0.25, 0.3) is 0 Å². The number of aryl methyl sites for hydroxylation is 1. The number of aromatic nitrogens is 3. The summed E-state index contributed by atoms with van der Waals surface area (Å²) >= 11 is 0. The van der Waals surface area contributed by atoms with E-state index in [4.69, 9.17) is 4.74 Å². The molecule has 1 fully saturated rings. The first-order valence-corrected chi connectivity index (χ1v) is 5.32. The molecule has 1 aromatic heterocycles. The van der Waals surface area contributed by atoms with Gasteiger partial charge in [-0.2, -0.15) is 0 Å². The van der Waals surface area contributed by atoms with Crippen LogP contribution in [0.5, 0.6) is 0 Å². The van der Waals surface area contributed by atoms with E-state index in [1.54, 1.807) is 6.92 Å². The molecule has 0 spiro atoms. The average Bonchev–Trinajstić information content (AvgIpc) is 2.47. The number of carbonyl (C=O) groups is 1. The van der Waals surface area contributed by atoms with Gasteiger partial charge in [0, 0.05) is 6.04 Å². The van der Waals surface area contributed by atoms with E-state index in [0.717, 1.165) is 18.7 Å². The average molecular weight is 209 g/mol. The number of rotatable bonds is 3.